The van der Waals surface area contributed by atoms with Crippen LogP contribution in [0.4, 0.5) is 0 Å². The lowest BCUT2D eigenvalue weighted by molar-refractivity contribution is 0.359. The van der Waals surface area contributed by atoms with E-state index >= 15 is 0 Å². The maximum Gasteiger partial charge on any atom is 0.317 e. The van der Waals surface area contributed by atoms with Crippen LogP contribution >= 0.6 is 27.7 Å². The molecule has 1 aromatic carbocycles. The molecule has 0 N–H and O–H groups in total. The third kappa shape index (κ3) is 4.02. The molecule has 0 saturated heterocycles. The first-order valence-electron chi connectivity index (χ1n) is 5.04. The molecule has 0 radical (unpaired) electrons. The zero-order valence-electron chi connectivity index (χ0n) is 9.26. The minimum Gasteiger partial charge on any atom is -0.452 e. The van der Waals surface area contributed by atoms with E-state index in [-0.39, 0.29) is 0 Å². The van der Waals surface area contributed by atoms with E-state index in [1.807, 2.05) is 6.07 Å². The molecule has 0 fully saturated rings. The average Bonchev–Trinajstić information content (AvgIpc) is 2.32. The Morgan fingerprint density at radius 1 is 1.29 bits per heavy atom. The molecule has 2 aromatic rings. The number of nitrogens with zero attached hydrogens (tertiary/aromatic N) is 2. The van der Waals surface area contributed by atoms with Crippen LogP contribution in [-0.4, -0.2) is 15.9 Å². The molecular formula is C12H11BrN2OS. The molecule has 1 aromatic heterocycles. The highest BCUT2D eigenvalue weighted by Gasteiger charge is 1.98. The van der Waals surface area contributed by atoms with Crippen LogP contribution in [0.15, 0.2) is 46.0 Å². The molecule has 0 atom stereocenters. The molecule has 2 rings (SSSR count). The molecule has 0 bridgehead atoms. The molecule has 0 aliphatic heterocycles. The molecule has 17 heavy (non-hydrogen) atoms. The number of hydrogen-bond donors (Lipinski definition) is 0. The van der Waals surface area contributed by atoms with Crippen LogP contribution in [0.5, 0.6) is 6.01 Å². The first-order chi connectivity index (χ1) is 8.24. The highest BCUT2D eigenvalue weighted by Crippen LogP contribution is 2.19. The summed E-state index contributed by atoms with van der Waals surface area (Å²) in [7, 11) is 0. The first kappa shape index (κ1) is 12.4. The standard InChI is InChI=1S/C12H11BrN2OS/c1-9-3-2-4-11(5-9)17-8-16-12-14-6-10(13)7-15-12/h2-7H,8H2,1H3. The third-order valence-electron chi connectivity index (χ3n) is 2.00. The second kappa shape index (κ2) is 6.02. The predicted molar refractivity (Wildman–Crippen MR) is 72.3 cm³/mol. The summed E-state index contributed by atoms with van der Waals surface area (Å²) in [6.45, 7) is 2.07. The largest absolute Gasteiger partial charge is 0.452 e. The number of thioether (sulfide) groups is 1. The van der Waals surface area contributed by atoms with Gasteiger partial charge < -0.3 is 4.74 Å². The van der Waals surface area contributed by atoms with Crippen molar-refractivity contribution in [2.45, 2.75) is 11.8 Å². The number of ether oxygens (including phenoxy) is 1. The summed E-state index contributed by atoms with van der Waals surface area (Å²) >= 11 is 4.89. The number of hydrogen-bond acceptors (Lipinski definition) is 4. The van der Waals surface area contributed by atoms with Gasteiger partial charge in [0.2, 0.25) is 0 Å². The summed E-state index contributed by atoms with van der Waals surface area (Å²) in [6, 6.07) is 8.68. The van der Waals surface area contributed by atoms with Crippen molar-refractivity contribution in [3.63, 3.8) is 0 Å². The van der Waals surface area contributed by atoms with E-state index < -0.39 is 0 Å². The molecule has 1 heterocycles. The average molecular weight is 311 g/mol. The van der Waals surface area contributed by atoms with Crippen molar-refractivity contribution in [2.75, 3.05) is 5.94 Å². The molecule has 5 heteroatoms. The van der Waals surface area contributed by atoms with E-state index in [2.05, 4.69) is 51.0 Å². The van der Waals surface area contributed by atoms with Crippen LogP contribution in [0.1, 0.15) is 5.56 Å². The molecular weight excluding hydrogens is 300 g/mol. The fourth-order valence-corrected chi connectivity index (χ4v) is 2.18. The van der Waals surface area contributed by atoms with Gasteiger partial charge in [-0.1, -0.05) is 29.5 Å². The Hall–Kier alpha value is -1.07. The molecule has 3 nitrogen and oxygen atoms in total. The minimum atomic E-state index is 0.397. The highest BCUT2D eigenvalue weighted by atomic mass is 79.9. The van der Waals surface area contributed by atoms with Gasteiger partial charge in [0.05, 0.1) is 4.47 Å². The number of aryl methyl sites for hydroxylation is 1. The summed E-state index contributed by atoms with van der Waals surface area (Å²) in [5.74, 6) is 0.505. The van der Waals surface area contributed by atoms with Gasteiger partial charge >= 0.3 is 6.01 Å². The Morgan fingerprint density at radius 2 is 2.06 bits per heavy atom. The van der Waals surface area contributed by atoms with E-state index in [0.29, 0.717) is 11.9 Å². The lowest BCUT2D eigenvalue weighted by Crippen LogP contribution is -1.97. The molecule has 88 valence electrons. The predicted octanol–water partition coefficient (Wildman–Crippen LogP) is 3.68. The lowest BCUT2D eigenvalue weighted by atomic mass is 10.2. The van der Waals surface area contributed by atoms with E-state index in [4.69, 9.17) is 4.74 Å². The van der Waals surface area contributed by atoms with E-state index in [1.54, 1.807) is 24.2 Å². The zero-order valence-corrected chi connectivity index (χ0v) is 11.7. The van der Waals surface area contributed by atoms with E-state index in [9.17, 15) is 0 Å². The summed E-state index contributed by atoms with van der Waals surface area (Å²) in [5.41, 5.74) is 1.25. The van der Waals surface area contributed by atoms with Crippen LogP contribution in [-0.2, 0) is 0 Å². The zero-order chi connectivity index (χ0) is 12.1. The lowest BCUT2D eigenvalue weighted by Gasteiger charge is -2.04. The van der Waals surface area contributed by atoms with Crippen LogP contribution < -0.4 is 4.74 Å². The Labute approximate surface area is 113 Å². The number of aromatic nitrogens is 2. The fourth-order valence-electron chi connectivity index (χ4n) is 1.23. The van der Waals surface area contributed by atoms with Gasteiger partial charge in [-0.2, -0.15) is 0 Å². The van der Waals surface area contributed by atoms with Crippen molar-refractivity contribution in [3.8, 4) is 6.01 Å². The third-order valence-corrected chi connectivity index (χ3v) is 3.23. The topological polar surface area (TPSA) is 35.0 Å². The van der Waals surface area contributed by atoms with Gasteiger partial charge in [0.1, 0.15) is 5.94 Å². The second-order valence-corrected chi connectivity index (χ2v) is 5.32. The van der Waals surface area contributed by atoms with Gasteiger partial charge in [-0.25, -0.2) is 9.97 Å². The van der Waals surface area contributed by atoms with Crippen LogP contribution in [0.2, 0.25) is 0 Å². The minimum absolute atomic E-state index is 0.397. The Balaban J connectivity index is 1.85. The molecule has 0 amide bonds. The van der Waals surface area contributed by atoms with Gasteiger partial charge in [0, 0.05) is 17.3 Å². The van der Waals surface area contributed by atoms with Gasteiger partial charge in [0.15, 0.2) is 0 Å². The quantitative estimate of drug-likeness (QED) is 0.637. The highest BCUT2D eigenvalue weighted by molar-refractivity contribution is 9.10. The van der Waals surface area contributed by atoms with Crippen LogP contribution in [0, 0.1) is 6.92 Å². The van der Waals surface area contributed by atoms with Crippen molar-refractivity contribution in [1.82, 2.24) is 9.97 Å². The smallest absolute Gasteiger partial charge is 0.317 e. The van der Waals surface area contributed by atoms with Crippen LogP contribution in [0.25, 0.3) is 0 Å². The first-order valence-corrected chi connectivity index (χ1v) is 6.82. The number of rotatable bonds is 4. The summed E-state index contributed by atoms with van der Waals surface area (Å²) in [5, 5.41) is 0. The van der Waals surface area contributed by atoms with Gasteiger partial charge in [-0.05, 0) is 35.0 Å². The second-order valence-electron chi connectivity index (χ2n) is 3.41. The van der Waals surface area contributed by atoms with E-state index in [0.717, 1.165) is 4.47 Å². The van der Waals surface area contributed by atoms with Gasteiger partial charge in [-0.15, -0.1) is 0 Å². The Bertz CT molecular complexity index is 490. The molecule has 0 unspecified atom stereocenters. The Morgan fingerprint density at radius 3 is 2.76 bits per heavy atom. The SMILES string of the molecule is Cc1cccc(SCOc2ncc(Br)cn2)c1. The summed E-state index contributed by atoms with van der Waals surface area (Å²) in [4.78, 5) is 9.25. The fraction of sp³-hybridized carbons (Fsp3) is 0.167. The summed E-state index contributed by atoms with van der Waals surface area (Å²) < 4.78 is 6.27. The molecule has 0 spiro atoms. The van der Waals surface area contributed by atoms with Crippen molar-refractivity contribution < 1.29 is 4.74 Å². The Kier molecular flexibility index (Phi) is 4.39. The van der Waals surface area contributed by atoms with Gasteiger partial charge in [0.25, 0.3) is 0 Å². The van der Waals surface area contributed by atoms with E-state index in [1.165, 1.54) is 10.5 Å². The van der Waals surface area contributed by atoms with Crippen molar-refractivity contribution in [1.29, 1.82) is 0 Å². The maximum absolute atomic E-state index is 5.42. The number of halogens is 1. The molecule has 0 aliphatic rings. The molecule has 0 saturated carbocycles. The van der Waals surface area contributed by atoms with Crippen molar-refractivity contribution in [3.05, 3.63) is 46.7 Å². The van der Waals surface area contributed by atoms with Gasteiger partial charge in [-0.3, -0.25) is 0 Å². The number of benzene rings is 1. The van der Waals surface area contributed by atoms with Crippen molar-refractivity contribution >= 4 is 27.7 Å². The monoisotopic (exact) mass is 310 g/mol. The van der Waals surface area contributed by atoms with Crippen molar-refractivity contribution in [2.24, 2.45) is 0 Å². The molecule has 0 aliphatic carbocycles. The maximum atomic E-state index is 5.42. The van der Waals surface area contributed by atoms with Crippen LogP contribution in [0.3, 0.4) is 0 Å². The normalized spacial score (nSPS) is 10.2. The summed E-state index contributed by atoms with van der Waals surface area (Å²) in [6.07, 6.45) is 3.33.